The minimum atomic E-state index is 0.406. The number of hydrogen-bond acceptors (Lipinski definition) is 5. The molecule has 0 N–H and O–H groups in total. The molecule has 0 spiro atoms. The number of benzene rings is 1. The number of aromatic nitrogens is 2. The zero-order valence-corrected chi connectivity index (χ0v) is 11.5. The molecule has 2 heterocycles. The van der Waals surface area contributed by atoms with Gasteiger partial charge in [-0.3, -0.25) is 0 Å². The Kier molecular flexibility index (Phi) is 2.99. The van der Waals surface area contributed by atoms with Crippen LogP contribution in [-0.4, -0.2) is 30.1 Å². The first kappa shape index (κ1) is 12.4. The average molecular weight is 265 g/mol. The van der Waals surface area contributed by atoms with Crippen LogP contribution in [0.3, 0.4) is 0 Å². The van der Waals surface area contributed by atoms with Crippen molar-refractivity contribution in [2.75, 3.05) is 29.9 Å². The largest absolute Gasteiger partial charge is 0.371 e. The van der Waals surface area contributed by atoms with Crippen LogP contribution in [0.15, 0.2) is 30.3 Å². The van der Waals surface area contributed by atoms with Crippen LogP contribution in [-0.2, 0) is 0 Å². The minimum Gasteiger partial charge on any atom is -0.371 e. The van der Waals surface area contributed by atoms with Crippen molar-refractivity contribution in [2.24, 2.45) is 0 Å². The standard InChI is InChI=1S/C15H15N5/c1-11-9-12(10-16)18-15(17-11)20-8-7-19(2)13-5-3-4-6-14(13)20/h3-6,9H,7-8H2,1-2H3. The second-order valence-electron chi connectivity index (χ2n) is 4.87. The van der Waals surface area contributed by atoms with Crippen LogP contribution in [0.5, 0.6) is 0 Å². The third-order valence-corrected chi connectivity index (χ3v) is 3.44. The van der Waals surface area contributed by atoms with E-state index in [2.05, 4.69) is 45.0 Å². The van der Waals surface area contributed by atoms with Crippen molar-refractivity contribution >= 4 is 17.3 Å². The van der Waals surface area contributed by atoms with E-state index in [9.17, 15) is 0 Å². The summed E-state index contributed by atoms with van der Waals surface area (Å²) < 4.78 is 0. The number of rotatable bonds is 1. The molecular weight excluding hydrogens is 250 g/mol. The first-order chi connectivity index (χ1) is 9.69. The number of nitriles is 1. The molecule has 0 saturated carbocycles. The van der Waals surface area contributed by atoms with E-state index in [4.69, 9.17) is 5.26 Å². The normalized spacial score (nSPS) is 13.8. The molecular formula is C15H15N5. The smallest absolute Gasteiger partial charge is 0.231 e. The summed E-state index contributed by atoms with van der Waals surface area (Å²) in [6.07, 6.45) is 0. The van der Waals surface area contributed by atoms with Crippen molar-refractivity contribution < 1.29 is 0 Å². The third kappa shape index (κ3) is 2.05. The van der Waals surface area contributed by atoms with Crippen molar-refractivity contribution in [1.82, 2.24) is 9.97 Å². The Morgan fingerprint density at radius 2 is 1.90 bits per heavy atom. The molecule has 0 aliphatic carbocycles. The number of likely N-dealkylation sites (N-methyl/N-ethyl adjacent to an activating group) is 1. The second kappa shape index (κ2) is 4.82. The maximum Gasteiger partial charge on any atom is 0.231 e. The molecule has 0 saturated heterocycles. The molecule has 1 aromatic heterocycles. The highest BCUT2D eigenvalue weighted by molar-refractivity contribution is 5.77. The summed E-state index contributed by atoms with van der Waals surface area (Å²) in [5, 5.41) is 9.06. The molecule has 0 fully saturated rings. The Morgan fingerprint density at radius 3 is 2.65 bits per heavy atom. The van der Waals surface area contributed by atoms with Gasteiger partial charge in [0.15, 0.2) is 0 Å². The van der Waals surface area contributed by atoms with Crippen molar-refractivity contribution in [3.8, 4) is 6.07 Å². The van der Waals surface area contributed by atoms with Crippen LogP contribution in [0.4, 0.5) is 17.3 Å². The van der Waals surface area contributed by atoms with Gasteiger partial charge in [0.1, 0.15) is 11.8 Å². The van der Waals surface area contributed by atoms with Crippen molar-refractivity contribution in [3.63, 3.8) is 0 Å². The highest BCUT2D eigenvalue weighted by Crippen LogP contribution is 2.35. The highest BCUT2D eigenvalue weighted by Gasteiger charge is 2.23. The van der Waals surface area contributed by atoms with Gasteiger partial charge >= 0.3 is 0 Å². The highest BCUT2D eigenvalue weighted by atomic mass is 15.3. The summed E-state index contributed by atoms with van der Waals surface area (Å²) in [7, 11) is 2.08. The molecule has 3 rings (SSSR count). The fourth-order valence-electron chi connectivity index (χ4n) is 2.44. The van der Waals surface area contributed by atoms with Crippen LogP contribution in [0.25, 0.3) is 0 Å². The SMILES string of the molecule is Cc1cc(C#N)nc(N2CCN(C)c3ccccc32)n1. The molecule has 5 heteroatoms. The molecule has 2 aromatic rings. The lowest BCUT2D eigenvalue weighted by molar-refractivity contribution is 0.798. The molecule has 0 unspecified atom stereocenters. The average Bonchev–Trinajstić information content (AvgIpc) is 2.47. The Labute approximate surface area is 118 Å². The molecule has 20 heavy (non-hydrogen) atoms. The van der Waals surface area contributed by atoms with Crippen LogP contribution in [0.1, 0.15) is 11.4 Å². The van der Waals surface area contributed by atoms with Crippen LogP contribution in [0.2, 0.25) is 0 Å². The fraction of sp³-hybridized carbons (Fsp3) is 0.267. The Morgan fingerprint density at radius 1 is 1.15 bits per heavy atom. The van der Waals surface area contributed by atoms with Gasteiger partial charge in [0.2, 0.25) is 5.95 Å². The molecule has 100 valence electrons. The van der Waals surface area contributed by atoms with Gasteiger partial charge in [-0.2, -0.15) is 5.26 Å². The summed E-state index contributed by atoms with van der Waals surface area (Å²) in [5.74, 6) is 0.599. The van der Waals surface area contributed by atoms with Crippen molar-refractivity contribution in [3.05, 3.63) is 41.7 Å². The van der Waals surface area contributed by atoms with E-state index < -0.39 is 0 Å². The predicted molar refractivity (Wildman–Crippen MR) is 78.2 cm³/mol. The number of nitrogens with zero attached hydrogens (tertiary/aromatic N) is 5. The van der Waals surface area contributed by atoms with Gasteiger partial charge in [-0.1, -0.05) is 12.1 Å². The van der Waals surface area contributed by atoms with E-state index in [0.29, 0.717) is 11.6 Å². The zero-order chi connectivity index (χ0) is 14.1. The lowest BCUT2D eigenvalue weighted by Crippen LogP contribution is -2.37. The molecule has 1 aromatic carbocycles. The number of anilines is 3. The summed E-state index contributed by atoms with van der Waals surface area (Å²) >= 11 is 0. The van der Waals surface area contributed by atoms with Gasteiger partial charge in [-0.15, -0.1) is 0 Å². The van der Waals surface area contributed by atoms with Gasteiger partial charge in [-0.25, -0.2) is 9.97 Å². The first-order valence-electron chi connectivity index (χ1n) is 6.52. The molecule has 0 atom stereocenters. The Balaban J connectivity index is 2.10. The fourth-order valence-corrected chi connectivity index (χ4v) is 2.44. The summed E-state index contributed by atoms with van der Waals surface area (Å²) in [6, 6.07) is 12.0. The van der Waals surface area contributed by atoms with Gasteiger partial charge < -0.3 is 9.80 Å². The maximum absolute atomic E-state index is 9.06. The van der Waals surface area contributed by atoms with Crippen LogP contribution < -0.4 is 9.80 Å². The molecule has 0 radical (unpaired) electrons. The van der Waals surface area contributed by atoms with Crippen LogP contribution >= 0.6 is 0 Å². The lowest BCUT2D eigenvalue weighted by Gasteiger charge is -2.35. The van der Waals surface area contributed by atoms with E-state index in [1.165, 1.54) is 0 Å². The molecule has 1 aliphatic heterocycles. The Hall–Kier alpha value is -2.61. The van der Waals surface area contributed by atoms with Crippen LogP contribution in [0, 0.1) is 18.3 Å². The molecule has 0 bridgehead atoms. The summed E-state index contributed by atoms with van der Waals surface area (Å²) in [4.78, 5) is 13.1. The topological polar surface area (TPSA) is 56.1 Å². The number of para-hydroxylation sites is 2. The quantitative estimate of drug-likeness (QED) is 0.791. The summed E-state index contributed by atoms with van der Waals surface area (Å²) in [5.41, 5.74) is 3.45. The van der Waals surface area contributed by atoms with E-state index in [1.807, 2.05) is 19.1 Å². The number of hydrogen-bond donors (Lipinski definition) is 0. The lowest BCUT2D eigenvalue weighted by atomic mass is 10.2. The maximum atomic E-state index is 9.06. The van der Waals surface area contributed by atoms with Gasteiger partial charge in [0.25, 0.3) is 0 Å². The monoisotopic (exact) mass is 265 g/mol. The molecule has 5 nitrogen and oxygen atoms in total. The predicted octanol–water partition coefficient (Wildman–Crippen LogP) is 2.24. The third-order valence-electron chi connectivity index (χ3n) is 3.44. The van der Waals surface area contributed by atoms with E-state index in [0.717, 1.165) is 30.2 Å². The van der Waals surface area contributed by atoms with Gasteiger partial charge in [0, 0.05) is 25.8 Å². The van der Waals surface area contributed by atoms with E-state index >= 15 is 0 Å². The van der Waals surface area contributed by atoms with Gasteiger partial charge in [-0.05, 0) is 25.1 Å². The zero-order valence-electron chi connectivity index (χ0n) is 11.5. The molecule has 0 amide bonds. The minimum absolute atomic E-state index is 0.406. The first-order valence-corrected chi connectivity index (χ1v) is 6.52. The number of aryl methyl sites for hydroxylation is 1. The summed E-state index contributed by atoms with van der Waals surface area (Å²) in [6.45, 7) is 3.59. The van der Waals surface area contributed by atoms with E-state index in [1.54, 1.807) is 6.07 Å². The number of fused-ring (bicyclic) bond motifs is 1. The Bertz CT molecular complexity index is 689. The van der Waals surface area contributed by atoms with Gasteiger partial charge in [0.05, 0.1) is 11.4 Å². The second-order valence-corrected chi connectivity index (χ2v) is 4.87. The van der Waals surface area contributed by atoms with Crippen molar-refractivity contribution in [1.29, 1.82) is 5.26 Å². The van der Waals surface area contributed by atoms with E-state index in [-0.39, 0.29) is 0 Å². The molecule has 1 aliphatic rings. The van der Waals surface area contributed by atoms with Crippen molar-refractivity contribution in [2.45, 2.75) is 6.92 Å².